The first-order valence-electron chi connectivity index (χ1n) is 13.2. The minimum atomic E-state index is -0.904. The number of hydrogen-bond donors (Lipinski definition) is 0. The number of rotatable bonds is 18. The number of carbonyl (C=O) groups is 1. The van der Waals surface area contributed by atoms with E-state index < -0.39 is 23.8 Å². The van der Waals surface area contributed by atoms with Crippen molar-refractivity contribution < 1.29 is 27.8 Å². The van der Waals surface area contributed by atoms with Crippen molar-refractivity contribution >= 4 is 5.97 Å². The second kappa shape index (κ2) is 22.4. The van der Waals surface area contributed by atoms with Gasteiger partial charge in [0.2, 0.25) is 0 Å². The van der Waals surface area contributed by atoms with Gasteiger partial charge in [0.25, 0.3) is 0 Å². The van der Waals surface area contributed by atoms with Crippen LogP contribution in [0.5, 0.6) is 0 Å². The minimum absolute atomic E-state index is 0.233. The number of hydrogen-bond acceptors (Lipinski definition) is 2. The van der Waals surface area contributed by atoms with Crippen LogP contribution in [-0.2, 0) is 22.7 Å². The van der Waals surface area contributed by atoms with Gasteiger partial charge in [0.15, 0.2) is 0 Å². The molecule has 0 aromatic rings. The van der Waals surface area contributed by atoms with Gasteiger partial charge in [0.1, 0.15) is 0 Å². The average Bonchev–Trinajstić information content (AvgIpc) is 2.61. The summed E-state index contributed by atoms with van der Waals surface area (Å²) in [4.78, 5) is 10.2. The van der Waals surface area contributed by atoms with E-state index in [-0.39, 0.29) is 6.42 Å². The third-order valence-corrected chi connectivity index (χ3v) is 12.2. The Morgan fingerprint density at radius 3 is 1.10 bits per heavy atom. The summed E-state index contributed by atoms with van der Waals surface area (Å²) in [6.45, 7) is 19.0. The topological polar surface area (TPSA) is 40.1 Å². The molecule has 3 heteroatoms. The van der Waals surface area contributed by atoms with Crippen LogP contribution in [-0.4, -0.2) is 5.97 Å². The van der Waals surface area contributed by atoms with Gasteiger partial charge in [0, 0.05) is 5.97 Å². The maximum atomic E-state index is 10.2. The summed E-state index contributed by atoms with van der Waals surface area (Å²) in [6, 6.07) is 0. The molecular formula is C27H56O2Ti. The van der Waals surface area contributed by atoms with Gasteiger partial charge in [-0.3, -0.25) is 0 Å². The van der Waals surface area contributed by atoms with Crippen molar-refractivity contribution in [3.8, 4) is 0 Å². The summed E-state index contributed by atoms with van der Waals surface area (Å²) in [7, 11) is 0. The van der Waals surface area contributed by atoms with Crippen LogP contribution in [0.3, 0.4) is 0 Å². The zero-order chi connectivity index (χ0) is 23.4. The molecule has 0 radical (unpaired) electrons. The normalized spacial score (nSPS) is 11.3. The van der Waals surface area contributed by atoms with Crippen molar-refractivity contribution in [2.75, 3.05) is 0 Å². The van der Waals surface area contributed by atoms with E-state index in [2.05, 4.69) is 55.4 Å². The molecule has 2 nitrogen and oxygen atoms in total. The molecule has 0 aliphatic rings. The molecule has 0 aromatic heterocycles. The first kappa shape index (κ1) is 32.4. The predicted octanol–water partition coefficient (Wildman–Crippen LogP) is 8.94. The van der Waals surface area contributed by atoms with Crippen molar-refractivity contribution in [1.29, 1.82) is 0 Å². The molecule has 0 bridgehead atoms. The van der Waals surface area contributed by atoms with Gasteiger partial charge < -0.3 is 9.90 Å². The molecule has 0 aliphatic carbocycles. The Kier molecular flexibility index (Phi) is 24.1. The standard InChI is InChI=1S/C18H36O2.3C3H7.Ti/c1-17(2)15-13-11-9-7-5-3-4-6-8-10-12-14-16-18(19)20;3*1-3-2;/h17H,3-16H2,1-2H3,(H,19,20);3*3H,1-2H3;/q;;;;+1/p-1. The van der Waals surface area contributed by atoms with Crippen LogP contribution < -0.4 is 5.11 Å². The predicted molar refractivity (Wildman–Crippen MR) is 130 cm³/mol. The Balaban J connectivity index is 0. The fourth-order valence-corrected chi connectivity index (χ4v) is 10.8. The molecule has 180 valence electrons. The van der Waals surface area contributed by atoms with E-state index in [0.717, 1.165) is 31.4 Å². The van der Waals surface area contributed by atoms with Crippen molar-refractivity contribution in [3.05, 3.63) is 0 Å². The summed E-state index contributed by atoms with van der Waals surface area (Å²) in [5.74, 6) is -0.0415. The summed E-state index contributed by atoms with van der Waals surface area (Å²) < 4.78 is 3.00. The van der Waals surface area contributed by atoms with Crippen LogP contribution in [0.4, 0.5) is 0 Å². The SMILES string of the molecule is CC(C)CCCCCCCCCCCCCCC(=O)[O-].C[CH](C)[Ti+]([CH](C)C)[CH](C)C. The van der Waals surface area contributed by atoms with E-state index in [1.54, 1.807) is 0 Å². The fourth-order valence-electron chi connectivity index (χ4n) is 4.59. The fraction of sp³-hybridized carbons (Fsp3) is 0.963. The quantitative estimate of drug-likeness (QED) is 0.151. The first-order chi connectivity index (χ1) is 14.1. The Labute approximate surface area is 197 Å². The van der Waals surface area contributed by atoms with Crippen molar-refractivity contribution in [2.24, 2.45) is 5.92 Å². The molecule has 0 heterocycles. The number of unbranched alkanes of at least 4 members (excludes halogenated alkanes) is 11. The second-order valence-electron chi connectivity index (χ2n) is 10.5. The maximum absolute atomic E-state index is 10.2. The molecule has 0 saturated carbocycles. The number of carboxylic acid groups (broad SMARTS) is 1. The first-order valence-corrected chi connectivity index (χ1v) is 15.9. The van der Waals surface area contributed by atoms with Gasteiger partial charge in [-0.2, -0.15) is 0 Å². The molecular weight excluding hydrogens is 404 g/mol. The molecule has 0 unspecified atom stereocenters. The van der Waals surface area contributed by atoms with Gasteiger partial charge >= 0.3 is 72.1 Å². The Hall–Kier alpha value is 0.184. The zero-order valence-electron chi connectivity index (χ0n) is 22.0. The third-order valence-electron chi connectivity index (χ3n) is 5.91. The second-order valence-corrected chi connectivity index (χ2v) is 17.5. The summed E-state index contributed by atoms with van der Waals surface area (Å²) >= 11 is -0.722. The van der Waals surface area contributed by atoms with Gasteiger partial charge in [0.05, 0.1) is 0 Å². The molecule has 0 amide bonds. The van der Waals surface area contributed by atoms with Crippen LogP contribution in [0.25, 0.3) is 0 Å². The van der Waals surface area contributed by atoms with Gasteiger partial charge in [-0.15, -0.1) is 0 Å². The molecule has 0 fully saturated rings. The summed E-state index contributed by atoms with van der Waals surface area (Å²) in [5.41, 5.74) is 0. The molecule has 0 aliphatic heterocycles. The average molecular weight is 461 g/mol. The molecule has 0 spiro atoms. The van der Waals surface area contributed by atoms with E-state index in [4.69, 9.17) is 0 Å². The van der Waals surface area contributed by atoms with Gasteiger partial charge in [-0.1, -0.05) is 90.9 Å². The van der Waals surface area contributed by atoms with Crippen LogP contribution in [0.2, 0.25) is 12.7 Å². The number of carboxylic acids is 1. The Bertz CT molecular complexity index is 345. The molecule has 0 rings (SSSR count). The van der Waals surface area contributed by atoms with E-state index in [1.165, 1.54) is 70.6 Å². The van der Waals surface area contributed by atoms with Crippen LogP contribution >= 0.6 is 0 Å². The van der Waals surface area contributed by atoms with Crippen LogP contribution in [0.15, 0.2) is 0 Å². The van der Waals surface area contributed by atoms with Gasteiger partial charge in [-0.05, 0) is 18.8 Å². The molecule has 0 aromatic carbocycles. The summed E-state index contributed by atoms with van der Waals surface area (Å²) in [5, 5.41) is 10.2. The molecule has 30 heavy (non-hydrogen) atoms. The third kappa shape index (κ3) is 24.5. The van der Waals surface area contributed by atoms with E-state index in [0.29, 0.717) is 0 Å². The van der Waals surface area contributed by atoms with Crippen molar-refractivity contribution in [3.63, 3.8) is 0 Å². The van der Waals surface area contributed by atoms with Crippen molar-refractivity contribution in [2.45, 2.75) is 158 Å². The van der Waals surface area contributed by atoms with E-state index >= 15 is 0 Å². The molecule has 0 N–H and O–H groups in total. The van der Waals surface area contributed by atoms with Crippen LogP contribution in [0.1, 0.15) is 145 Å². The van der Waals surface area contributed by atoms with Gasteiger partial charge in [-0.25, -0.2) is 0 Å². The van der Waals surface area contributed by atoms with Crippen LogP contribution in [0, 0.1) is 5.92 Å². The monoisotopic (exact) mass is 460 g/mol. The molecule has 0 atom stereocenters. The summed E-state index contributed by atoms with van der Waals surface area (Å²) in [6.07, 6.45) is 17.0. The Morgan fingerprint density at radius 1 is 0.567 bits per heavy atom. The molecule has 0 saturated heterocycles. The number of aliphatic carboxylic acids is 1. The van der Waals surface area contributed by atoms with Crippen molar-refractivity contribution in [1.82, 2.24) is 0 Å². The van der Waals surface area contributed by atoms with E-state index in [9.17, 15) is 9.90 Å². The van der Waals surface area contributed by atoms with E-state index in [1.807, 2.05) is 0 Å². The zero-order valence-corrected chi connectivity index (χ0v) is 23.6. The number of carbonyl (C=O) groups excluding carboxylic acids is 1. The Morgan fingerprint density at radius 2 is 0.867 bits per heavy atom.